The van der Waals surface area contributed by atoms with Gasteiger partial charge in [-0.05, 0) is 31.7 Å². The third-order valence-corrected chi connectivity index (χ3v) is 3.09. The molecule has 0 atom stereocenters. The van der Waals surface area contributed by atoms with Crippen molar-refractivity contribution in [3.8, 4) is 0 Å². The Balaban J connectivity index is 2.23. The van der Waals surface area contributed by atoms with Gasteiger partial charge in [-0.2, -0.15) is 0 Å². The number of carbonyl (C=O) groups excluding carboxylic acids is 1. The number of hydrogen-bond acceptors (Lipinski definition) is 4. The molecule has 1 saturated carbocycles. The van der Waals surface area contributed by atoms with Gasteiger partial charge in [0.25, 0.3) is 11.6 Å². The minimum Gasteiger partial charge on any atom is -0.379 e. The van der Waals surface area contributed by atoms with Crippen molar-refractivity contribution in [3.63, 3.8) is 0 Å². The summed E-state index contributed by atoms with van der Waals surface area (Å²) in [6.45, 7) is 3.00. The fourth-order valence-electron chi connectivity index (χ4n) is 1.90. The Labute approximate surface area is 111 Å². The first kappa shape index (κ1) is 13.3. The van der Waals surface area contributed by atoms with Crippen LogP contribution < -0.4 is 10.6 Å². The van der Waals surface area contributed by atoms with Gasteiger partial charge < -0.3 is 10.6 Å². The molecule has 0 aromatic heterocycles. The molecule has 0 unspecified atom stereocenters. The van der Waals surface area contributed by atoms with Crippen molar-refractivity contribution in [1.29, 1.82) is 0 Å². The highest BCUT2D eigenvalue weighted by molar-refractivity contribution is 6.01. The van der Waals surface area contributed by atoms with E-state index in [2.05, 4.69) is 10.6 Å². The van der Waals surface area contributed by atoms with Gasteiger partial charge in [0.1, 0.15) is 5.69 Å². The maximum Gasteiger partial charge on any atom is 0.293 e. The molecule has 0 bridgehead atoms. The maximum absolute atomic E-state index is 12.1. The van der Waals surface area contributed by atoms with Crippen molar-refractivity contribution < 1.29 is 9.72 Å². The van der Waals surface area contributed by atoms with Crippen molar-refractivity contribution in [2.24, 2.45) is 5.92 Å². The van der Waals surface area contributed by atoms with Gasteiger partial charge >= 0.3 is 0 Å². The number of nitrogens with zero attached hydrogens (tertiary/aromatic N) is 1. The summed E-state index contributed by atoms with van der Waals surface area (Å²) in [7, 11) is 0. The average molecular weight is 263 g/mol. The van der Waals surface area contributed by atoms with Crippen molar-refractivity contribution in [3.05, 3.63) is 33.9 Å². The summed E-state index contributed by atoms with van der Waals surface area (Å²) in [4.78, 5) is 22.6. The molecule has 102 valence electrons. The molecule has 19 heavy (non-hydrogen) atoms. The summed E-state index contributed by atoms with van der Waals surface area (Å²) in [5.41, 5.74) is 0.556. The number of anilines is 1. The second-order valence-electron chi connectivity index (χ2n) is 4.64. The lowest BCUT2D eigenvalue weighted by atomic mass is 10.1. The summed E-state index contributed by atoms with van der Waals surface area (Å²) in [5, 5.41) is 16.7. The number of amides is 1. The van der Waals surface area contributed by atoms with E-state index in [1.165, 1.54) is 12.1 Å². The van der Waals surface area contributed by atoms with E-state index in [1.807, 2.05) is 6.92 Å². The molecule has 1 aromatic rings. The maximum atomic E-state index is 12.1. The molecule has 0 radical (unpaired) electrons. The number of nitrogens with one attached hydrogen (secondary N) is 2. The van der Waals surface area contributed by atoms with Crippen molar-refractivity contribution >= 4 is 17.3 Å². The molecule has 1 aromatic carbocycles. The molecule has 0 heterocycles. The molecular weight excluding hydrogens is 246 g/mol. The minimum atomic E-state index is -0.477. The van der Waals surface area contributed by atoms with Gasteiger partial charge in [0, 0.05) is 19.2 Å². The van der Waals surface area contributed by atoms with E-state index in [0.29, 0.717) is 30.3 Å². The van der Waals surface area contributed by atoms with Crippen LogP contribution in [-0.4, -0.2) is 23.9 Å². The van der Waals surface area contributed by atoms with Crippen LogP contribution in [0.5, 0.6) is 0 Å². The normalized spacial score (nSPS) is 13.9. The molecule has 2 rings (SSSR count). The molecule has 1 fully saturated rings. The fraction of sp³-hybridized carbons (Fsp3) is 0.462. The van der Waals surface area contributed by atoms with Crippen molar-refractivity contribution in [1.82, 2.24) is 5.32 Å². The number of benzene rings is 1. The van der Waals surface area contributed by atoms with Gasteiger partial charge in [-0.15, -0.1) is 0 Å². The Morgan fingerprint density at radius 3 is 2.79 bits per heavy atom. The number of nitro benzene ring substituents is 1. The van der Waals surface area contributed by atoms with E-state index in [1.54, 1.807) is 6.07 Å². The molecule has 0 saturated heterocycles. The summed E-state index contributed by atoms with van der Waals surface area (Å²) < 4.78 is 0. The van der Waals surface area contributed by atoms with Crippen LogP contribution in [0.1, 0.15) is 30.1 Å². The standard InChI is InChI=1S/C13H17N3O3/c1-2-14-12-10(4-3-5-11(12)16(18)19)13(17)15-8-9-6-7-9/h3-5,9,14H,2,6-8H2,1H3,(H,15,17). The molecule has 0 aliphatic heterocycles. The first-order chi connectivity index (χ1) is 9.13. The van der Waals surface area contributed by atoms with E-state index in [4.69, 9.17) is 0 Å². The van der Waals surface area contributed by atoms with Gasteiger partial charge in [-0.3, -0.25) is 14.9 Å². The van der Waals surface area contributed by atoms with Gasteiger partial charge in [-0.25, -0.2) is 0 Å². The topological polar surface area (TPSA) is 84.3 Å². The SMILES string of the molecule is CCNc1c(C(=O)NCC2CC2)cccc1[N+](=O)[O-]. The van der Waals surface area contributed by atoms with Crippen molar-refractivity contribution in [2.75, 3.05) is 18.4 Å². The second kappa shape index (κ2) is 5.69. The quantitative estimate of drug-likeness (QED) is 0.608. The number of hydrogen-bond donors (Lipinski definition) is 2. The van der Waals surface area contributed by atoms with Crippen LogP contribution in [0.15, 0.2) is 18.2 Å². The summed E-state index contributed by atoms with van der Waals surface area (Å²) in [5.74, 6) is 0.316. The Morgan fingerprint density at radius 2 is 2.21 bits per heavy atom. The fourth-order valence-corrected chi connectivity index (χ4v) is 1.90. The van der Waals surface area contributed by atoms with Crippen molar-refractivity contribution in [2.45, 2.75) is 19.8 Å². The van der Waals surface area contributed by atoms with Crippen LogP contribution in [0.25, 0.3) is 0 Å². The minimum absolute atomic E-state index is 0.0686. The zero-order valence-electron chi connectivity index (χ0n) is 10.8. The third kappa shape index (κ3) is 3.21. The largest absolute Gasteiger partial charge is 0.379 e. The van der Waals surface area contributed by atoms with Crippen LogP contribution in [0, 0.1) is 16.0 Å². The Hall–Kier alpha value is -2.11. The van der Waals surface area contributed by atoms with E-state index < -0.39 is 4.92 Å². The highest BCUT2D eigenvalue weighted by Crippen LogP contribution is 2.30. The predicted octanol–water partition coefficient (Wildman–Crippen LogP) is 2.17. The highest BCUT2D eigenvalue weighted by Gasteiger charge is 2.24. The lowest BCUT2D eigenvalue weighted by Gasteiger charge is -2.11. The number of carbonyl (C=O) groups is 1. The van der Waals surface area contributed by atoms with Gasteiger partial charge in [0.2, 0.25) is 0 Å². The van der Waals surface area contributed by atoms with Crippen LogP contribution in [0.4, 0.5) is 11.4 Å². The molecule has 1 aliphatic carbocycles. The van der Waals surface area contributed by atoms with Gasteiger partial charge in [0.15, 0.2) is 0 Å². The predicted molar refractivity (Wildman–Crippen MR) is 72.3 cm³/mol. The third-order valence-electron chi connectivity index (χ3n) is 3.09. The first-order valence-electron chi connectivity index (χ1n) is 6.43. The zero-order valence-corrected chi connectivity index (χ0v) is 10.8. The summed E-state index contributed by atoms with van der Waals surface area (Å²) in [6, 6.07) is 4.54. The second-order valence-corrected chi connectivity index (χ2v) is 4.64. The first-order valence-corrected chi connectivity index (χ1v) is 6.43. The van der Waals surface area contributed by atoms with Crippen LogP contribution in [0.3, 0.4) is 0 Å². The Bertz CT molecular complexity index is 498. The van der Waals surface area contributed by atoms with E-state index in [0.717, 1.165) is 12.8 Å². The molecule has 1 amide bonds. The molecule has 2 N–H and O–H groups in total. The molecular formula is C13H17N3O3. The van der Waals surface area contributed by atoms with E-state index >= 15 is 0 Å². The van der Waals surface area contributed by atoms with Crippen LogP contribution >= 0.6 is 0 Å². The zero-order chi connectivity index (χ0) is 13.8. The number of rotatable bonds is 6. The molecule has 6 heteroatoms. The monoisotopic (exact) mass is 263 g/mol. The summed E-state index contributed by atoms with van der Waals surface area (Å²) in [6.07, 6.45) is 2.30. The molecule has 0 spiro atoms. The van der Waals surface area contributed by atoms with E-state index in [-0.39, 0.29) is 11.6 Å². The molecule has 1 aliphatic rings. The number of para-hydroxylation sites is 1. The van der Waals surface area contributed by atoms with Crippen LogP contribution in [-0.2, 0) is 0 Å². The average Bonchev–Trinajstić information content (AvgIpc) is 3.20. The summed E-state index contributed by atoms with van der Waals surface area (Å²) >= 11 is 0. The van der Waals surface area contributed by atoms with Crippen LogP contribution in [0.2, 0.25) is 0 Å². The Morgan fingerprint density at radius 1 is 1.47 bits per heavy atom. The van der Waals surface area contributed by atoms with Gasteiger partial charge in [-0.1, -0.05) is 6.07 Å². The van der Waals surface area contributed by atoms with E-state index in [9.17, 15) is 14.9 Å². The Kier molecular flexibility index (Phi) is 3.99. The lowest BCUT2D eigenvalue weighted by Crippen LogP contribution is -2.26. The van der Waals surface area contributed by atoms with Gasteiger partial charge in [0.05, 0.1) is 10.5 Å². The molecule has 6 nitrogen and oxygen atoms in total. The number of nitro groups is 1. The lowest BCUT2D eigenvalue weighted by molar-refractivity contribution is -0.384. The highest BCUT2D eigenvalue weighted by atomic mass is 16.6. The smallest absolute Gasteiger partial charge is 0.293 e.